The number of carbonyl (C=O) groups excluding carboxylic acids is 1. The van der Waals surface area contributed by atoms with Gasteiger partial charge in [-0.1, -0.05) is 47.1 Å². The smallest absolute Gasteiger partial charge is 0.234 e. The van der Waals surface area contributed by atoms with E-state index in [1.54, 1.807) is 12.1 Å². The van der Waals surface area contributed by atoms with Gasteiger partial charge < -0.3 is 14.6 Å². The van der Waals surface area contributed by atoms with Crippen molar-refractivity contribution in [3.63, 3.8) is 0 Å². The second-order valence-corrected chi connectivity index (χ2v) is 8.19. The Hall–Kier alpha value is -2.51. The second kappa shape index (κ2) is 9.33. The molecular weight excluding hydrogens is 408 g/mol. The van der Waals surface area contributed by atoms with Crippen LogP contribution in [0.25, 0.3) is 0 Å². The average Bonchev–Trinajstić information content (AvgIpc) is 3.02. The van der Waals surface area contributed by atoms with Crippen molar-refractivity contribution >= 4 is 35.0 Å². The molecule has 0 spiro atoms. The number of amides is 1. The number of benzene rings is 2. The van der Waals surface area contributed by atoms with Crippen molar-refractivity contribution < 1.29 is 9.53 Å². The van der Waals surface area contributed by atoms with Gasteiger partial charge in [0.05, 0.1) is 5.75 Å². The van der Waals surface area contributed by atoms with Crippen LogP contribution in [0.2, 0.25) is 5.02 Å². The van der Waals surface area contributed by atoms with Crippen molar-refractivity contribution in [3.05, 3.63) is 63.9 Å². The molecule has 0 aliphatic rings. The Bertz CT molecular complexity index is 1040. The number of carbonyl (C=O) groups is 1. The second-order valence-electron chi connectivity index (χ2n) is 6.81. The Kier molecular flexibility index (Phi) is 6.82. The summed E-state index contributed by atoms with van der Waals surface area (Å²) < 4.78 is 7.72. The molecule has 3 aromatic rings. The predicted molar refractivity (Wildman–Crippen MR) is 117 cm³/mol. The van der Waals surface area contributed by atoms with Crippen molar-refractivity contribution in [1.29, 1.82) is 0 Å². The van der Waals surface area contributed by atoms with Crippen molar-refractivity contribution in [2.75, 3.05) is 11.1 Å². The van der Waals surface area contributed by atoms with E-state index in [-0.39, 0.29) is 11.7 Å². The number of aromatic nitrogens is 3. The van der Waals surface area contributed by atoms with Gasteiger partial charge in [0.1, 0.15) is 12.4 Å². The first-order chi connectivity index (χ1) is 13.8. The number of nitrogens with zero attached hydrogens (tertiary/aromatic N) is 3. The highest BCUT2D eigenvalue weighted by molar-refractivity contribution is 7.99. The van der Waals surface area contributed by atoms with Crippen molar-refractivity contribution in [1.82, 2.24) is 14.8 Å². The molecule has 0 radical (unpaired) electrons. The Labute approximate surface area is 179 Å². The molecule has 1 amide bonds. The number of aryl methyl sites for hydroxylation is 3. The van der Waals surface area contributed by atoms with Gasteiger partial charge in [0.2, 0.25) is 5.91 Å². The highest BCUT2D eigenvalue weighted by atomic mass is 35.5. The number of rotatable bonds is 7. The van der Waals surface area contributed by atoms with Crippen LogP contribution in [-0.2, 0) is 18.4 Å². The standard InChI is InChI=1S/C21H23ClN4O2S/c1-13-5-8-18(15(3)9-13)28-11-19-24-25-21(26(19)4)29-12-20(27)23-17-10-16(22)7-6-14(17)2/h5-10H,11-12H2,1-4H3,(H,23,27). The minimum Gasteiger partial charge on any atom is -0.485 e. The maximum Gasteiger partial charge on any atom is 0.234 e. The van der Waals surface area contributed by atoms with Crippen LogP contribution in [0.4, 0.5) is 5.69 Å². The summed E-state index contributed by atoms with van der Waals surface area (Å²) in [5.74, 6) is 1.61. The molecular formula is C21H23ClN4O2S. The fourth-order valence-electron chi connectivity index (χ4n) is 2.75. The first kappa shape index (κ1) is 21.2. The molecule has 0 saturated carbocycles. The molecule has 0 aliphatic heterocycles. The quantitative estimate of drug-likeness (QED) is 0.550. The molecule has 0 aliphatic carbocycles. The highest BCUT2D eigenvalue weighted by Gasteiger charge is 2.13. The van der Waals surface area contributed by atoms with E-state index in [0.29, 0.717) is 28.3 Å². The van der Waals surface area contributed by atoms with E-state index < -0.39 is 0 Å². The molecule has 0 saturated heterocycles. The van der Waals surface area contributed by atoms with Crippen LogP contribution in [-0.4, -0.2) is 26.4 Å². The summed E-state index contributed by atoms with van der Waals surface area (Å²) in [5, 5.41) is 12.5. The number of nitrogens with one attached hydrogen (secondary N) is 1. The summed E-state index contributed by atoms with van der Waals surface area (Å²) in [4.78, 5) is 12.3. The Balaban J connectivity index is 1.56. The van der Waals surface area contributed by atoms with Gasteiger partial charge >= 0.3 is 0 Å². The van der Waals surface area contributed by atoms with Crippen LogP contribution in [0.5, 0.6) is 5.75 Å². The summed E-state index contributed by atoms with van der Waals surface area (Å²) in [6.45, 7) is 6.29. The lowest BCUT2D eigenvalue weighted by molar-refractivity contribution is -0.113. The SMILES string of the molecule is Cc1ccc(OCc2nnc(SCC(=O)Nc3cc(Cl)ccc3C)n2C)c(C)c1. The number of thioether (sulfide) groups is 1. The maximum atomic E-state index is 12.3. The van der Waals surface area contributed by atoms with E-state index in [9.17, 15) is 4.79 Å². The largest absolute Gasteiger partial charge is 0.485 e. The molecule has 29 heavy (non-hydrogen) atoms. The van der Waals surface area contributed by atoms with Gasteiger partial charge in [-0.3, -0.25) is 4.79 Å². The molecule has 152 valence electrons. The summed E-state index contributed by atoms with van der Waals surface area (Å²) in [6, 6.07) is 11.5. The van der Waals surface area contributed by atoms with E-state index in [2.05, 4.69) is 21.6 Å². The number of halogens is 1. The third kappa shape index (κ3) is 5.52. The third-order valence-electron chi connectivity index (χ3n) is 4.42. The number of hydrogen-bond acceptors (Lipinski definition) is 5. The van der Waals surface area contributed by atoms with E-state index in [1.807, 2.05) is 50.6 Å². The molecule has 3 rings (SSSR count). The Morgan fingerprint density at radius 3 is 2.69 bits per heavy atom. The van der Waals surface area contributed by atoms with Gasteiger partial charge in [-0.2, -0.15) is 0 Å². The molecule has 1 N–H and O–H groups in total. The average molecular weight is 431 g/mol. The fraction of sp³-hybridized carbons (Fsp3) is 0.286. The minimum absolute atomic E-state index is 0.128. The number of hydrogen-bond donors (Lipinski definition) is 1. The molecule has 1 aromatic heterocycles. The van der Waals surface area contributed by atoms with Crippen LogP contribution in [0.1, 0.15) is 22.5 Å². The zero-order valence-corrected chi connectivity index (χ0v) is 18.4. The van der Waals surface area contributed by atoms with Gasteiger partial charge in [-0.15, -0.1) is 10.2 Å². The predicted octanol–water partition coefficient (Wildman–Crippen LogP) is 4.70. The molecule has 0 atom stereocenters. The topological polar surface area (TPSA) is 69.0 Å². The summed E-state index contributed by atoms with van der Waals surface area (Å²) >= 11 is 7.32. The molecule has 0 unspecified atom stereocenters. The molecule has 2 aromatic carbocycles. The van der Waals surface area contributed by atoms with Gasteiger partial charge in [0, 0.05) is 17.8 Å². The maximum absolute atomic E-state index is 12.3. The van der Waals surface area contributed by atoms with Crippen molar-refractivity contribution in [2.24, 2.45) is 7.05 Å². The van der Waals surface area contributed by atoms with Gasteiger partial charge in [-0.25, -0.2) is 0 Å². The van der Waals surface area contributed by atoms with Gasteiger partial charge in [-0.05, 0) is 50.1 Å². The highest BCUT2D eigenvalue weighted by Crippen LogP contribution is 2.23. The molecule has 8 heteroatoms. The Morgan fingerprint density at radius 1 is 1.14 bits per heavy atom. The normalized spacial score (nSPS) is 10.8. The third-order valence-corrected chi connectivity index (χ3v) is 5.67. The Morgan fingerprint density at radius 2 is 1.93 bits per heavy atom. The lowest BCUT2D eigenvalue weighted by Crippen LogP contribution is -2.15. The molecule has 1 heterocycles. The van der Waals surface area contributed by atoms with Crippen molar-refractivity contribution in [2.45, 2.75) is 32.5 Å². The lowest BCUT2D eigenvalue weighted by atomic mass is 10.1. The monoisotopic (exact) mass is 430 g/mol. The summed E-state index contributed by atoms with van der Waals surface area (Å²) in [7, 11) is 1.86. The zero-order chi connectivity index (χ0) is 21.0. The fourth-order valence-corrected chi connectivity index (χ4v) is 3.65. The molecule has 0 bridgehead atoms. The van der Waals surface area contributed by atoms with Crippen LogP contribution in [0.15, 0.2) is 41.6 Å². The van der Waals surface area contributed by atoms with Gasteiger partial charge in [0.15, 0.2) is 11.0 Å². The summed E-state index contributed by atoms with van der Waals surface area (Å²) in [6.07, 6.45) is 0. The minimum atomic E-state index is -0.128. The van der Waals surface area contributed by atoms with E-state index >= 15 is 0 Å². The zero-order valence-electron chi connectivity index (χ0n) is 16.8. The van der Waals surface area contributed by atoms with E-state index in [1.165, 1.54) is 17.3 Å². The number of anilines is 1. The molecule has 0 fully saturated rings. The number of ether oxygens (including phenoxy) is 1. The first-order valence-electron chi connectivity index (χ1n) is 9.10. The van der Waals surface area contributed by atoms with E-state index in [0.717, 1.165) is 16.9 Å². The van der Waals surface area contributed by atoms with Crippen LogP contribution in [0.3, 0.4) is 0 Å². The lowest BCUT2D eigenvalue weighted by Gasteiger charge is -2.10. The first-order valence-corrected chi connectivity index (χ1v) is 10.5. The van der Waals surface area contributed by atoms with Crippen LogP contribution < -0.4 is 10.1 Å². The summed E-state index contributed by atoms with van der Waals surface area (Å²) in [5.41, 5.74) is 3.94. The van der Waals surface area contributed by atoms with Crippen LogP contribution in [0, 0.1) is 20.8 Å². The van der Waals surface area contributed by atoms with Crippen LogP contribution >= 0.6 is 23.4 Å². The van der Waals surface area contributed by atoms with E-state index in [4.69, 9.17) is 16.3 Å². The van der Waals surface area contributed by atoms with Crippen molar-refractivity contribution in [3.8, 4) is 5.75 Å². The molecule has 6 nitrogen and oxygen atoms in total. The van der Waals surface area contributed by atoms with Gasteiger partial charge in [0.25, 0.3) is 0 Å².